The lowest BCUT2D eigenvalue weighted by molar-refractivity contribution is 0.0853. The quantitative estimate of drug-likeness (QED) is 0.906. The van der Waals surface area contributed by atoms with Crippen LogP contribution >= 0.6 is 0 Å². The Balaban J connectivity index is 1.96. The molecule has 0 bridgehead atoms. The van der Waals surface area contributed by atoms with Crippen molar-refractivity contribution < 1.29 is 4.74 Å². The van der Waals surface area contributed by atoms with Gasteiger partial charge in [-0.3, -0.25) is 0 Å². The van der Waals surface area contributed by atoms with E-state index in [1.54, 1.807) is 0 Å². The highest BCUT2D eigenvalue weighted by Gasteiger charge is 2.34. The number of nitrogens with zero attached hydrogens (tertiary/aromatic N) is 1. The SMILES string of the molecule is CCN1c2ccc(C3CCOCC3)cc2[C@H](N)[C@@H](C)[C@@H]1C. The fourth-order valence-electron chi connectivity index (χ4n) is 3.93. The van der Waals surface area contributed by atoms with E-state index in [-0.39, 0.29) is 6.04 Å². The van der Waals surface area contributed by atoms with Crippen molar-refractivity contribution in [2.24, 2.45) is 11.7 Å². The van der Waals surface area contributed by atoms with Crippen LogP contribution in [0.15, 0.2) is 18.2 Å². The van der Waals surface area contributed by atoms with Crippen LogP contribution in [0.5, 0.6) is 0 Å². The zero-order valence-electron chi connectivity index (χ0n) is 13.5. The molecule has 0 amide bonds. The van der Waals surface area contributed by atoms with Crippen molar-refractivity contribution >= 4 is 5.69 Å². The summed E-state index contributed by atoms with van der Waals surface area (Å²) < 4.78 is 5.49. The van der Waals surface area contributed by atoms with Crippen LogP contribution in [0, 0.1) is 5.92 Å². The van der Waals surface area contributed by atoms with E-state index in [0.29, 0.717) is 17.9 Å². The van der Waals surface area contributed by atoms with Crippen molar-refractivity contribution in [3.05, 3.63) is 29.3 Å². The second-order valence-corrected chi connectivity index (χ2v) is 6.62. The second kappa shape index (κ2) is 5.98. The Hall–Kier alpha value is -1.06. The average Bonchev–Trinajstić information content (AvgIpc) is 2.54. The molecule has 0 aliphatic carbocycles. The zero-order valence-corrected chi connectivity index (χ0v) is 13.5. The fourth-order valence-corrected chi connectivity index (χ4v) is 3.93. The smallest absolute Gasteiger partial charge is 0.0471 e. The van der Waals surface area contributed by atoms with Crippen molar-refractivity contribution in [2.75, 3.05) is 24.7 Å². The summed E-state index contributed by atoms with van der Waals surface area (Å²) in [5.41, 5.74) is 10.7. The van der Waals surface area contributed by atoms with Gasteiger partial charge in [0.05, 0.1) is 0 Å². The molecule has 0 aromatic heterocycles. The molecule has 2 aliphatic rings. The number of hydrogen-bond acceptors (Lipinski definition) is 3. The molecule has 21 heavy (non-hydrogen) atoms. The molecular formula is C18H28N2O. The van der Waals surface area contributed by atoms with Crippen molar-refractivity contribution in [2.45, 2.75) is 51.6 Å². The van der Waals surface area contributed by atoms with E-state index in [4.69, 9.17) is 10.5 Å². The number of nitrogens with two attached hydrogens (primary N) is 1. The third-order valence-electron chi connectivity index (χ3n) is 5.57. The molecule has 0 unspecified atom stereocenters. The Morgan fingerprint density at radius 2 is 1.95 bits per heavy atom. The summed E-state index contributed by atoms with van der Waals surface area (Å²) in [5.74, 6) is 1.13. The van der Waals surface area contributed by atoms with Gasteiger partial charge in [-0.1, -0.05) is 19.1 Å². The molecule has 0 radical (unpaired) electrons. The lowest BCUT2D eigenvalue weighted by Gasteiger charge is -2.44. The normalized spacial score (nSPS) is 30.3. The van der Waals surface area contributed by atoms with Gasteiger partial charge in [-0.05, 0) is 55.7 Å². The van der Waals surface area contributed by atoms with Crippen molar-refractivity contribution in [3.8, 4) is 0 Å². The van der Waals surface area contributed by atoms with Crippen LogP contribution in [0.2, 0.25) is 0 Å². The summed E-state index contributed by atoms with van der Waals surface area (Å²) in [4.78, 5) is 2.50. The van der Waals surface area contributed by atoms with Gasteiger partial charge in [0, 0.05) is 37.5 Å². The zero-order chi connectivity index (χ0) is 15.0. The molecule has 2 heterocycles. The first-order valence-corrected chi connectivity index (χ1v) is 8.37. The average molecular weight is 288 g/mol. The van der Waals surface area contributed by atoms with Crippen LogP contribution in [-0.4, -0.2) is 25.8 Å². The maximum atomic E-state index is 6.54. The largest absolute Gasteiger partial charge is 0.381 e. The number of hydrogen-bond donors (Lipinski definition) is 1. The summed E-state index contributed by atoms with van der Waals surface area (Å²) in [6, 6.07) is 7.64. The van der Waals surface area contributed by atoms with Crippen LogP contribution < -0.4 is 10.6 Å². The van der Waals surface area contributed by atoms with E-state index in [2.05, 4.69) is 43.9 Å². The van der Waals surface area contributed by atoms with Crippen LogP contribution in [0.1, 0.15) is 56.7 Å². The third kappa shape index (κ3) is 2.58. The highest BCUT2D eigenvalue weighted by Crippen LogP contribution is 2.41. The maximum absolute atomic E-state index is 6.54. The summed E-state index contributed by atoms with van der Waals surface area (Å²) in [7, 11) is 0. The Morgan fingerprint density at radius 3 is 2.62 bits per heavy atom. The van der Waals surface area contributed by atoms with Gasteiger partial charge >= 0.3 is 0 Å². The van der Waals surface area contributed by atoms with Gasteiger partial charge in [0.1, 0.15) is 0 Å². The summed E-state index contributed by atoms with van der Waals surface area (Å²) in [5, 5.41) is 0. The van der Waals surface area contributed by atoms with Gasteiger partial charge in [0.15, 0.2) is 0 Å². The first-order valence-electron chi connectivity index (χ1n) is 8.37. The van der Waals surface area contributed by atoms with Gasteiger partial charge in [-0.15, -0.1) is 0 Å². The Bertz CT molecular complexity index is 496. The highest BCUT2D eigenvalue weighted by atomic mass is 16.5. The van der Waals surface area contributed by atoms with E-state index < -0.39 is 0 Å². The van der Waals surface area contributed by atoms with E-state index in [9.17, 15) is 0 Å². The highest BCUT2D eigenvalue weighted by molar-refractivity contribution is 5.60. The van der Waals surface area contributed by atoms with Crippen LogP contribution in [0.25, 0.3) is 0 Å². The third-order valence-corrected chi connectivity index (χ3v) is 5.57. The van der Waals surface area contributed by atoms with Crippen LogP contribution in [-0.2, 0) is 4.74 Å². The van der Waals surface area contributed by atoms with Crippen LogP contribution in [0.3, 0.4) is 0 Å². The van der Waals surface area contributed by atoms with E-state index in [0.717, 1.165) is 32.6 Å². The van der Waals surface area contributed by atoms with Crippen molar-refractivity contribution in [1.82, 2.24) is 0 Å². The minimum Gasteiger partial charge on any atom is -0.381 e. The molecule has 1 aromatic carbocycles. The van der Waals surface area contributed by atoms with E-state index in [1.807, 2.05) is 0 Å². The first-order chi connectivity index (χ1) is 10.1. The number of rotatable bonds is 2. The van der Waals surface area contributed by atoms with Gasteiger partial charge < -0.3 is 15.4 Å². The molecule has 116 valence electrons. The summed E-state index contributed by atoms with van der Waals surface area (Å²) in [6.07, 6.45) is 2.27. The monoisotopic (exact) mass is 288 g/mol. The Labute approximate surface area is 128 Å². The van der Waals surface area contributed by atoms with Gasteiger partial charge in [0.25, 0.3) is 0 Å². The van der Waals surface area contributed by atoms with Crippen LogP contribution in [0.4, 0.5) is 5.69 Å². The lowest BCUT2D eigenvalue weighted by Crippen LogP contribution is -2.46. The van der Waals surface area contributed by atoms with Gasteiger partial charge in [0.2, 0.25) is 0 Å². The Kier molecular flexibility index (Phi) is 4.23. The van der Waals surface area contributed by atoms with Gasteiger partial charge in [-0.25, -0.2) is 0 Å². The molecular weight excluding hydrogens is 260 g/mol. The van der Waals surface area contributed by atoms with E-state index >= 15 is 0 Å². The topological polar surface area (TPSA) is 38.5 Å². The molecule has 2 N–H and O–H groups in total. The molecule has 3 heteroatoms. The fraction of sp³-hybridized carbons (Fsp3) is 0.667. The minimum absolute atomic E-state index is 0.151. The molecule has 3 atom stereocenters. The number of benzene rings is 1. The molecule has 1 fully saturated rings. The predicted molar refractivity (Wildman–Crippen MR) is 87.8 cm³/mol. The number of ether oxygens (including phenoxy) is 1. The molecule has 3 rings (SSSR count). The standard InChI is InChI=1S/C18H28N2O/c1-4-20-13(3)12(2)18(19)16-11-15(5-6-17(16)20)14-7-9-21-10-8-14/h5-6,11-14,18H,4,7-10,19H2,1-3H3/t12-,13-,18+/m0/s1. The van der Waals surface area contributed by atoms with Crippen molar-refractivity contribution in [1.29, 1.82) is 0 Å². The lowest BCUT2D eigenvalue weighted by atomic mass is 9.81. The molecule has 1 saturated heterocycles. The predicted octanol–water partition coefficient (Wildman–Crippen LogP) is 3.44. The second-order valence-electron chi connectivity index (χ2n) is 6.62. The molecule has 0 saturated carbocycles. The minimum atomic E-state index is 0.151. The molecule has 0 spiro atoms. The maximum Gasteiger partial charge on any atom is 0.0471 e. The number of anilines is 1. The molecule has 2 aliphatic heterocycles. The van der Waals surface area contributed by atoms with E-state index in [1.165, 1.54) is 16.8 Å². The summed E-state index contributed by atoms with van der Waals surface area (Å²) in [6.45, 7) is 9.63. The number of fused-ring (bicyclic) bond motifs is 1. The van der Waals surface area contributed by atoms with Crippen molar-refractivity contribution in [3.63, 3.8) is 0 Å². The first kappa shape index (κ1) is 14.9. The van der Waals surface area contributed by atoms with Gasteiger partial charge in [-0.2, -0.15) is 0 Å². The molecule has 1 aromatic rings. The molecule has 3 nitrogen and oxygen atoms in total. The Morgan fingerprint density at radius 1 is 1.24 bits per heavy atom. The summed E-state index contributed by atoms with van der Waals surface area (Å²) >= 11 is 0.